The normalized spacial score (nSPS) is 11.2. The van der Waals surface area contributed by atoms with Crippen LogP contribution in [-0.4, -0.2) is 4.98 Å². The van der Waals surface area contributed by atoms with Gasteiger partial charge in [-0.3, -0.25) is 4.79 Å². The molecule has 0 fully saturated rings. The Morgan fingerprint density at radius 1 is 1.13 bits per heavy atom. The number of nitrogen functional groups attached to an aromatic ring is 1. The molecule has 0 atom stereocenters. The molecule has 0 spiro atoms. The van der Waals surface area contributed by atoms with Gasteiger partial charge in [-0.1, -0.05) is 6.07 Å². The van der Waals surface area contributed by atoms with Crippen LogP contribution in [0.25, 0.3) is 21.7 Å². The van der Waals surface area contributed by atoms with Crippen molar-refractivity contribution in [2.75, 3.05) is 5.73 Å². The van der Waals surface area contributed by atoms with E-state index >= 15 is 0 Å². The lowest BCUT2D eigenvalue weighted by molar-refractivity contribution is 1.35. The van der Waals surface area contributed by atoms with E-state index in [4.69, 9.17) is 5.73 Å². The van der Waals surface area contributed by atoms with Gasteiger partial charge in [0.15, 0.2) is 0 Å². The van der Waals surface area contributed by atoms with E-state index in [1.807, 2.05) is 22.9 Å². The molecule has 0 radical (unpaired) electrons. The molecule has 3 rings (SSSR count). The van der Waals surface area contributed by atoms with Crippen molar-refractivity contribution in [3.05, 3.63) is 39.3 Å². The number of hydrogen-bond acceptors (Lipinski definition) is 3. The maximum absolute atomic E-state index is 11.7. The molecule has 0 aliphatic carbocycles. The summed E-state index contributed by atoms with van der Waals surface area (Å²) in [5.41, 5.74) is 7.08. The molecule has 3 nitrogen and oxygen atoms in total. The maximum Gasteiger partial charge on any atom is 0.257 e. The van der Waals surface area contributed by atoms with Crippen LogP contribution < -0.4 is 11.3 Å². The van der Waals surface area contributed by atoms with E-state index in [-0.39, 0.29) is 5.56 Å². The predicted octanol–water partition coefficient (Wildman–Crippen LogP) is 2.33. The summed E-state index contributed by atoms with van der Waals surface area (Å²) in [4.78, 5) is 14.5. The number of thiophene rings is 1. The van der Waals surface area contributed by atoms with Gasteiger partial charge < -0.3 is 10.7 Å². The van der Waals surface area contributed by atoms with Crippen molar-refractivity contribution in [1.29, 1.82) is 0 Å². The van der Waals surface area contributed by atoms with Gasteiger partial charge in [0.25, 0.3) is 5.56 Å². The van der Waals surface area contributed by atoms with Crippen LogP contribution >= 0.6 is 11.3 Å². The van der Waals surface area contributed by atoms with Gasteiger partial charge in [-0.2, -0.15) is 11.3 Å². The fraction of sp³-hybridized carbons (Fsp3) is 0. The number of nitrogens with two attached hydrogens (primary N) is 1. The van der Waals surface area contributed by atoms with Crippen molar-refractivity contribution in [1.82, 2.24) is 4.98 Å². The van der Waals surface area contributed by atoms with Gasteiger partial charge in [-0.25, -0.2) is 0 Å². The Balaban J connectivity index is 2.66. The van der Waals surface area contributed by atoms with Gasteiger partial charge in [-0.05, 0) is 17.5 Å². The first-order chi connectivity index (χ1) is 7.25. The molecule has 0 amide bonds. The summed E-state index contributed by atoms with van der Waals surface area (Å²) in [5, 5.41) is 6.64. The molecule has 0 saturated carbocycles. The number of fused-ring (bicyclic) bond motifs is 3. The molecule has 0 unspecified atom stereocenters. The molecule has 0 aliphatic heterocycles. The second-order valence-electron chi connectivity index (χ2n) is 3.46. The van der Waals surface area contributed by atoms with Crippen molar-refractivity contribution in [3.63, 3.8) is 0 Å². The second kappa shape index (κ2) is 2.84. The maximum atomic E-state index is 11.7. The minimum Gasteiger partial charge on any atom is -0.399 e. The topological polar surface area (TPSA) is 58.9 Å². The number of H-pyrrole nitrogens is 1. The van der Waals surface area contributed by atoms with Gasteiger partial charge in [0.1, 0.15) is 0 Å². The highest BCUT2D eigenvalue weighted by Gasteiger charge is 2.05. The van der Waals surface area contributed by atoms with E-state index in [1.165, 1.54) is 11.3 Å². The minimum atomic E-state index is -0.0515. The van der Waals surface area contributed by atoms with Crippen LogP contribution in [0.5, 0.6) is 0 Å². The molecule has 1 aromatic carbocycles. The zero-order valence-electron chi connectivity index (χ0n) is 7.78. The Bertz CT molecular complexity index is 711. The molecule has 0 aliphatic rings. The number of aromatic amines is 1. The zero-order chi connectivity index (χ0) is 10.4. The van der Waals surface area contributed by atoms with Crippen molar-refractivity contribution in [3.8, 4) is 0 Å². The molecular weight excluding hydrogens is 208 g/mol. The fourth-order valence-electron chi connectivity index (χ4n) is 1.77. The van der Waals surface area contributed by atoms with Crippen LogP contribution in [0, 0.1) is 0 Å². The first-order valence-electron chi connectivity index (χ1n) is 4.53. The summed E-state index contributed by atoms with van der Waals surface area (Å²) >= 11 is 1.53. The molecule has 74 valence electrons. The number of pyridine rings is 1. The second-order valence-corrected chi connectivity index (χ2v) is 4.20. The Labute approximate surface area is 89.2 Å². The van der Waals surface area contributed by atoms with Crippen LogP contribution in [0.15, 0.2) is 33.8 Å². The minimum absolute atomic E-state index is 0.0515. The lowest BCUT2D eigenvalue weighted by Crippen LogP contribution is -2.04. The Hall–Kier alpha value is -1.81. The summed E-state index contributed by atoms with van der Waals surface area (Å²) in [7, 11) is 0. The average Bonchev–Trinajstić information content (AvgIpc) is 2.66. The first kappa shape index (κ1) is 8.49. The van der Waals surface area contributed by atoms with E-state index in [1.54, 1.807) is 6.07 Å². The SMILES string of the molecule is Nc1ccc2c(c1)[nH]c(=O)c1cscc12. The molecule has 2 aromatic heterocycles. The smallest absolute Gasteiger partial charge is 0.257 e. The average molecular weight is 216 g/mol. The number of hydrogen-bond donors (Lipinski definition) is 2. The Morgan fingerprint density at radius 3 is 2.80 bits per heavy atom. The molecule has 0 saturated heterocycles. The molecule has 4 heteroatoms. The summed E-state index contributed by atoms with van der Waals surface area (Å²) in [5.74, 6) is 0. The number of rotatable bonds is 0. The molecule has 15 heavy (non-hydrogen) atoms. The van der Waals surface area contributed by atoms with Crippen molar-refractivity contribution < 1.29 is 0 Å². The third-order valence-corrected chi connectivity index (χ3v) is 3.23. The van der Waals surface area contributed by atoms with Gasteiger partial charge in [0.05, 0.1) is 10.9 Å². The zero-order valence-corrected chi connectivity index (χ0v) is 8.60. The molecule has 2 heterocycles. The number of nitrogens with one attached hydrogen (secondary N) is 1. The third kappa shape index (κ3) is 1.15. The fourth-order valence-corrected chi connectivity index (χ4v) is 2.60. The molecule has 3 N–H and O–H groups in total. The van der Waals surface area contributed by atoms with Gasteiger partial charge in [0.2, 0.25) is 0 Å². The van der Waals surface area contributed by atoms with Crippen LogP contribution in [-0.2, 0) is 0 Å². The Morgan fingerprint density at radius 2 is 1.93 bits per heavy atom. The van der Waals surface area contributed by atoms with Crippen LogP contribution in [0.1, 0.15) is 0 Å². The number of benzene rings is 1. The highest BCUT2D eigenvalue weighted by atomic mass is 32.1. The van der Waals surface area contributed by atoms with Crippen LogP contribution in [0.3, 0.4) is 0 Å². The lowest BCUT2D eigenvalue weighted by Gasteiger charge is -2.00. The molecule has 3 aromatic rings. The van der Waals surface area contributed by atoms with Crippen LogP contribution in [0.4, 0.5) is 5.69 Å². The van der Waals surface area contributed by atoms with Gasteiger partial charge in [0, 0.05) is 21.8 Å². The van der Waals surface area contributed by atoms with E-state index in [2.05, 4.69) is 4.98 Å². The van der Waals surface area contributed by atoms with E-state index in [0.29, 0.717) is 5.69 Å². The van der Waals surface area contributed by atoms with Crippen molar-refractivity contribution in [2.24, 2.45) is 0 Å². The first-order valence-corrected chi connectivity index (χ1v) is 5.47. The van der Waals surface area contributed by atoms with E-state index in [0.717, 1.165) is 21.7 Å². The highest BCUT2D eigenvalue weighted by Crippen LogP contribution is 2.25. The molecular formula is C11H8N2OS. The summed E-state index contributed by atoms with van der Waals surface area (Å²) in [6.07, 6.45) is 0. The largest absolute Gasteiger partial charge is 0.399 e. The van der Waals surface area contributed by atoms with Crippen molar-refractivity contribution >= 4 is 38.7 Å². The van der Waals surface area contributed by atoms with E-state index in [9.17, 15) is 4.79 Å². The quantitative estimate of drug-likeness (QED) is 0.566. The predicted molar refractivity (Wildman–Crippen MR) is 64.4 cm³/mol. The Kier molecular flexibility index (Phi) is 1.61. The third-order valence-electron chi connectivity index (χ3n) is 2.49. The summed E-state index contributed by atoms with van der Waals surface area (Å²) < 4.78 is 0. The summed E-state index contributed by atoms with van der Waals surface area (Å²) in [6.45, 7) is 0. The molecule has 0 bridgehead atoms. The van der Waals surface area contributed by atoms with Gasteiger partial charge >= 0.3 is 0 Å². The van der Waals surface area contributed by atoms with Crippen molar-refractivity contribution in [2.45, 2.75) is 0 Å². The number of anilines is 1. The van der Waals surface area contributed by atoms with E-state index < -0.39 is 0 Å². The van der Waals surface area contributed by atoms with Gasteiger partial charge in [-0.15, -0.1) is 0 Å². The summed E-state index contributed by atoms with van der Waals surface area (Å²) in [6, 6.07) is 5.57. The monoisotopic (exact) mass is 216 g/mol. The highest BCUT2D eigenvalue weighted by molar-refractivity contribution is 7.09. The number of aromatic nitrogens is 1. The standard InChI is InChI=1S/C11H8N2OS/c12-6-1-2-7-8-4-15-5-9(8)11(14)13-10(7)3-6/h1-5H,12H2,(H,13,14). The van der Waals surface area contributed by atoms with Crippen LogP contribution in [0.2, 0.25) is 0 Å². The lowest BCUT2D eigenvalue weighted by atomic mass is 10.1.